The van der Waals surface area contributed by atoms with Crippen LogP contribution in [0.25, 0.3) is 0 Å². The van der Waals surface area contributed by atoms with Crippen molar-refractivity contribution in [2.24, 2.45) is 0 Å². The normalized spacial score (nSPS) is 24.4. The molecular weight excluding hydrogens is 240 g/mol. The van der Waals surface area contributed by atoms with Gasteiger partial charge in [0.2, 0.25) is 0 Å². The molecule has 0 aliphatic carbocycles. The first-order valence-corrected chi connectivity index (χ1v) is 6.93. The summed E-state index contributed by atoms with van der Waals surface area (Å²) in [6, 6.07) is 8.45. The topological polar surface area (TPSA) is 33.7 Å². The van der Waals surface area contributed by atoms with Gasteiger partial charge in [0.1, 0.15) is 5.75 Å². The van der Waals surface area contributed by atoms with Crippen LogP contribution in [0, 0.1) is 0 Å². The van der Waals surface area contributed by atoms with Gasteiger partial charge < -0.3 is 14.8 Å². The molecule has 4 nitrogen and oxygen atoms in total. The lowest BCUT2D eigenvalue weighted by atomic mass is 9.97. The number of nitrogens with one attached hydrogen (secondary N) is 1. The van der Waals surface area contributed by atoms with Crippen molar-refractivity contribution in [1.82, 2.24) is 10.2 Å². The lowest BCUT2D eigenvalue weighted by Crippen LogP contribution is -2.47. The van der Waals surface area contributed by atoms with Crippen LogP contribution in [-0.4, -0.2) is 51.4 Å². The molecule has 1 aromatic carbocycles. The lowest BCUT2D eigenvalue weighted by Gasteiger charge is -2.40. The molecular formula is C15H24N2O2. The molecule has 1 saturated heterocycles. The molecule has 0 saturated carbocycles. The Bertz CT molecular complexity index is 397. The molecule has 2 unspecified atom stereocenters. The monoisotopic (exact) mass is 264 g/mol. The van der Waals surface area contributed by atoms with Crippen molar-refractivity contribution < 1.29 is 9.47 Å². The summed E-state index contributed by atoms with van der Waals surface area (Å²) in [5, 5.41) is 3.38. The third-order valence-electron chi connectivity index (χ3n) is 3.66. The predicted molar refractivity (Wildman–Crippen MR) is 76.6 cm³/mol. The van der Waals surface area contributed by atoms with Crippen LogP contribution in [0.3, 0.4) is 0 Å². The van der Waals surface area contributed by atoms with Crippen molar-refractivity contribution in [3.05, 3.63) is 29.8 Å². The molecule has 1 fully saturated rings. The number of para-hydroxylation sites is 1. The van der Waals surface area contributed by atoms with Crippen molar-refractivity contribution in [1.29, 1.82) is 0 Å². The highest BCUT2D eigenvalue weighted by molar-refractivity contribution is 5.36. The summed E-state index contributed by atoms with van der Waals surface area (Å²) >= 11 is 0. The molecule has 0 amide bonds. The zero-order valence-electron chi connectivity index (χ0n) is 12.1. The first kappa shape index (κ1) is 14.3. The Morgan fingerprint density at radius 2 is 2.21 bits per heavy atom. The summed E-state index contributed by atoms with van der Waals surface area (Å²) in [5.74, 6) is 0.936. The largest absolute Gasteiger partial charge is 0.496 e. The van der Waals surface area contributed by atoms with Crippen molar-refractivity contribution in [2.75, 3.05) is 40.4 Å². The molecule has 1 heterocycles. The summed E-state index contributed by atoms with van der Waals surface area (Å²) in [5.41, 5.74) is 1.20. The van der Waals surface area contributed by atoms with E-state index < -0.39 is 0 Å². The smallest absolute Gasteiger partial charge is 0.123 e. The maximum absolute atomic E-state index is 5.96. The number of likely N-dealkylation sites (N-methyl/N-ethyl adjacent to an activating group) is 2. The van der Waals surface area contributed by atoms with Crippen LogP contribution in [0.5, 0.6) is 5.75 Å². The van der Waals surface area contributed by atoms with E-state index in [1.165, 1.54) is 5.56 Å². The SMILES string of the molecule is CCNCC1OCCN(C)C1c1ccccc1OC. The fourth-order valence-electron chi connectivity index (χ4n) is 2.67. The summed E-state index contributed by atoms with van der Waals surface area (Å²) < 4.78 is 11.5. The second-order valence-corrected chi connectivity index (χ2v) is 4.88. The molecule has 19 heavy (non-hydrogen) atoms. The van der Waals surface area contributed by atoms with Gasteiger partial charge in [0.25, 0.3) is 0 Å². The van der Waals surface area contributed by atoms with Crippen molar-refractivity contribution in [3.63, 3.8) is 0 Å². The zero-order valence-corrected chi connectivity index (χ0v) is 12.1. The van der Waals surface area contributed by atoms with Gasteiger partial charge in [-0.3, -0.25) is 4.90 Å². The first-order chi connectivity index (χ1) is 9.27. The molecule has 1 aromatic rings. The standard InChI is InChI=1S/C15H24N2O2/c1-4-16-11-14-15(17(2)9-10-19-14)12-7-5-6-8-13(12)18-3/h5-8,14-16H,4,9-11H2,1-3H3. The summed E-state index contributed by atoms with van der Waals surface area (Å²) in [4.78, 5) is 2.35. The van der Waals surface area contributed by atoms with Gasteiger partial charge in [0.15, 0.2) is 0 Å². The number of morpholine rings is 1. The molecule has 0 aromatic heterocycles. The van der Waals surface area contributed by atoms with Crippen LogP contribution in [0.2, 0.25) is 0 Å². The fourth-order valence-corrected chi connectivity index (χ4v) is 2.67. The Kier molecular flexibility index (Phi) is 5.19. The fraction of sp³-hybridized carbons (Fsp3) is 0.600. The molecule has 2 rings (SSSR count). The average Bonchev–Trinajstić information content (AvgIpc) is 2.45. The third kappa shape index (κ3) is 3.26. The van der Waals surface area contributed by atoms with Gasteiger partial charge in [-0.1, -0.05) is 25.1 Å². The van der Waals surface area contributed by atoms with E-state index in [0.717, 1.165) is 32.0 Å². The minimum atomic E-state index is 0.162. The van der Waals surface area contributed by atoms with Crippen molar-refractivity contribution >= 4 is 0 Å². The van der Waals surface area contributed by atoms with Gasteiger partial charge in [-0.15, -0.1) is 0 Å². The predicted octanol–water partition coefficient (Wildman–Crippen LogP) is 1.68. The van der Waals surface area contributed by atoms with Crippen LogP contribution >= 0.6 is 0 Å². The Morgan fingerprint density at radius 1 is 1.42 bits per heavy atom. The van der Waals surface area contributed by atoms with Gasteiger partial charge in [0, 0.05) is 18.7 Å². The Morgan fingerprint density at radius 3 is 2.95 bits per heavy atom. The first-order valence-electron chi connectivity index (χ1n) is 6.93. The van der Waals surface area contributed by atoms with E-state index in [1.807, 2.05) is 12.1 Å². The number of hydrogen-bond acceptors (Lipinski definition) is 4. The molecule has 106 valence electrons. The molecule has 1 N–H and O–H groups in total. The molecule has 1 aliphatic heterocycles. The average molecular weight is 264 g/mol. The van der Waals surface area contributed by atoms with E-state index in [-0.39, 0.29) is 12.1 Å². The molecule has 0 bridgehead atoms. The van der Waals surface area contributed by atoms with Gasteiger partial charge in [-0.2, -0.15) is 0 Å². The highest BCUT2D eigenvalue weighted by atomic mass is 16.5. The van der Waals surface area contributed by atoms with Crippen LogP contribution in [0.4, 0.5) is 0 Å². The summed E-state index contributed by atoms with van der Waals surface area (Å²) in [6.07, 6.45) is 0.162. The van der Waals surface area contributed by atoms with Crippen molar-refractivity contribution in [2.45, 2.75) is 19.1 Å². The lowest BCUT2D eigenvalue weighted by molar-refractivity contribution is -0.0617. The number of rotatable bonds is 5. The second-order valence-electron chi connectivity index (χ2n) is 4.88. The van der Waals surface area contributed by atoms with Gasteiger partial charge in [-0.05, 0) is 19.7 Å². The van der Waals surface area contributed by atoms with Crippen LogP contribution in [-0.2, 0) is 4.74 Å². The molecule has 2 atom stereocenters. The Hall–Kier alpha value is -1.10. The van der Waals surface area contributed by atoms with E-state index >= 15 is 0 Å². The highest BCUT2D eigenvalue weighted by Gasteiger charge is 2.32. The van der Waals surface area contributed by atoms with E-state index in [9.17, 15) is 0 Å². The summed E-state index contributed by atoms with van der Waals surface area (Å²) in [7, 11) is 3.88. The Labute approximate surface area is 115 Å². The van der Waals surface area contributed by atoms with Crippen LogP contribution in [0.15, 0.2) is 24.3 Å². The second kappa shape index (κ2) is 6.89. The molecule has 4 heteroatoms. The number of benzene rings is 1. The van der Waals surface area contributed by atoms with E-state index in [2.05, 4.69) is 36.3 Å². The van der Waals surface area contributed by atoms with E-state index in [1.54, 1.807) is 7.11 Å². The Balaban J connectivity index is 2.25. The molecule has 0 radical (unpaired) electrons. The maximum atomic E-state index is 5.96. The summed E-state index contributed by atoms with van der Waals surface area (Å²) in [6.45, 7) is 5.68. The quantitative estimate of drug-likeness (QED) is 0.877. The highest BCUT2D eigenvalue weighted by Crippen LogP contribution is 2.33. The van der Waals surface area contributed by atoms with Gasteiger partial charge >= 0.3 is 0 Å². The number of ether oxygens (including phenoxy) is 2. The van der Waals surface area contributed by atoms with E-state index in [4.69, 9.17) is 9.47 Å². The van der Waals surface area contributed by atoms with Crippen molar-refractivity contribution in [3.8, 4) is 5.75 Å². The molecule has 1 aliphatic rings. The van der Waals surface area contributed by atoms with Crippen LogP contribution < -0.4 is 10.1 Å². The van der Waals surface area contributed by atoms with E-state index in [0.29, 0.717) is 0 Å². The van der Waals surface area contributed by atoms with Crippen LogP contribution in [0.1, 0.15) is 18.5 Å². The zero-order chi connectivity index (χ0) is 13.7. The van der Waals surface area contributed by atoms with Gasteiger partial charge in [-0.25, -0.2) is 0 Å². The molecule has 0 spiro atoms. The minimum Gasteiger partial charge on any atom is -0.496 e. The number of nitrogens with zero attached hydrogens (tertiary/aromatic N) is 1. The third-order valence-corrected chi connectivity index (χ3v) is 3.66. The number of hydrogen-bond donors (Lipinski definition) is 1. The maximum Gasteiger partial charge on any atom is 0.123 e. The minimum absolute atomic E-state index is 0.162. The van der Waals surface area contributed by atoms with Gasteiger partial charge in [0.05, 0.1) is 25.9 Å². The number of methoxy groups -OCH3 is 1.